The van der Waals surface area contributed by atoms with Crippen LogP contribution in [0.5, 0.6) is 11.5 Å². The second-order valence-corrected chi connectivity index (χ2v) is 5.52. The molecule has 108 valence electrons. The molecule has 2 aliphatic rings. The lowest BCUT2D eigenvalue weighted by molar-refractivity contribution is -0.137. The van der Waals surface area contributed by atoms with Gasteiger partial charge in [0.2, 0.25) is 0 Å². The van der Waals surface area contributed by atoms with E-state index in [4.69, 9.17) is 14.2 Å². The van der Waals surface area contributed by atoms with Crippen LogP contribution in [0.25, 0.3) is 0 Å². The highest BCUT2D eigenvalue weighted by atomic mass is 16.5. The number of methoxy groups -OCH3 is 1. The maximum Gasteiger partial charge on any atom is 0.306 e. The van der Waals surface area contributed by atoms with Gasteiger partial charge in [-0.25, -0.2) is 0 Å². The van der Waals surface area contributed by atoms with Gasteiger partial charge in [-0.15, -0.1) is 0 Å². The molecule has 1 aromatic carbocycles. The van der Waals surface area contributed by atoms with Crippen molar-refractivity contribution in [3.63, 3.8) is 0 Å². The van der Waals surface area contributed by atoms with Crippen LogP contribution in [0.4, 0.5) is 0 Å². The quantitative estimate of drug-likeness (QED) is 0.793. The molecular formula is C16H20O4. The molecule has 1 aliphatic carbocycles. The fourth-order valence-corrected chi connectivity index (χ4v) is 2.95. The topological polar surface area (TPSA) is 44.8 Å². The molecule has 0 aromatic heterocycles. The van der Waals surface area contributed by atoms with Crippen LogP contribution in [0, 0.1) is 0 Å². The number of carbonyl (C=O) groups is 1. The predicted octanol–water partition coefficient (Wildman–Crippen LogP) is 3.05. The van der Waals surface area contributed by atoms with Crippen molar-refractivity contribution in [3.05, 3.63) is 23.8 Å². The average Bonchev–Trinajstić information content (AvgIpc) is 3.10. The lowest BCUT2D eigenvalue weighted by Crippen LogP contribution is -2.12. The van der Waals surface area contributed by atoms with E-state index in [-0.39, 0.29) is 11.9 Å². The first-order valence-electron chi connectivity index (χ1n) is 7.26. The summed E-state index contributed by atoms with van der Waals surface area (Å²) >= 11 is 0. The zero-order valence-corrected chi connectivity index (χ0v) is 11.8. The fourth-order valence-electron chi connectivity index (χ4n) is 2.95. The number of benzene rings is 1. The average molecular weight is 276 g/mol. The molecule has 1 saturated heterocycles. The van der Waals surface area contributed by atoms with E-state index >= 15 is 0 Å². The van der Waals surface area contributed by atoms with Gasteiger partial charge >= 0.3 is 5.97 Å². The SMILES string of the molecule is COc1ccc(C2COC(=O)C2)cc1OC1CCCC1. The summed E-state index contributed by atoms with van der Waals surface area (Å²) in [4.78, 5) is 11.2. The summed E-state index contributed by atoms with van der Waals surface area (Å²) < 4.78 is 16.5. The Morgan fingerprint density at radius 3 is 2.65 bits per heavy atom. The highest BCUT2D eigenvalue weighted by Gasteiger charge is 2.26. The van der Waals surface area contributed by atoms with Crippen LogP contribution < -0.4 is 9.47 Å². The van der Waals surface area contributed by atoms with E-state index in [1.54, 1.807) is 7.11 Å². The standard InChI is InChI=1S/C16H20O4/c1-18-14-7-6-11(12-9-16(17)19-10-12)8-15(14)20-13-4-2-3-5-13/h6-8,12-13H,2-5,9-10H2,1H3. The summed E-state index contributed by atoms with van der Waals surface area (Å²) in [6.07, 6.45) is 5.43. The summed E-state index contributed by atoms with van der Waals surface area (Å²) in [6, 6.07) is 5.92. The molecule has 0 spiro atoms. The molecule has 3 rings (SSSR count). The van der Waals surface area contributed by atoms with Gasteiger partial charge in [0.05, 0.1) is 26.2 Å². The van der Waals surface area contributed by atoms with Gasteiger partial charge in [-0.1, -0.05) is 6.07 Å². The van der Waals surface area contributed by atoms with E-state index < -0.39 is 0 Å². The van der Waals surface area contributed by atoms with Crippen LogP contribution in [0.15, 0.2) is 18.2 Å². The minimum Gasteiger partial charge on any atom is -0.493 e. The molecule has 1 saturated carbocycles. The maximum atomic E-state index is 11.2. The van der Waals surface area contributed by atoms with Crippen LogP contribution >= 0.6 is 0 Å². The normalized spacial score (nSPS) is 22.9. The third-order valence-electron chi connectivity index (χ3n) is 4.11. The summed E-state index contributed by atoms with van der Waals surface area (Å²) in [6.45, 7) is 0.466. The Hall–Kier alpha value is -1.71. The number of cyclic esters (lactones) is 1. The number of esters is 1. The Morgan fingerprint density at radius 2 is 2.00 bits per heavy atom. The van der Waals surface area contributed by atoms with Gasteiger partial charge in [0, 0.05) is 5.92 Å². The highest BCUT2D eigenvalue weighted by molar-refractivity contribution is 5.73. The Labute approximate surface area is 119 Å². The first kappa shape index (κ1) is 13.3. The van der Waals surface area contributed by atoms with Crippen molar-refractivity contribution in [2.75, 3.05) is 13.7 Å². The number of ether oxygens (including phenoxy) is 3. The number of hydrogen-bond donors (Lipinski definition) is 0. The van der Waals surface area contributed by atoms with Crippen molar-refractivity contribution in [3.8, 4) is 11.5 Å². The summed E-state index contributed by atoms with van der Waals surface area (Å²) in [7, 11) is 1.65. The maximum absolute atomic E-state index is 11.2. The van der Waals surface area contributed by atoms with Crippen LogP contribution in [0.2, 0.25) is 0 Å². The van der Waals surface area contributed by atoms with Crippen molar-refractivity contribution in [1.29, 1.82) is 0 Å². The molecule has 1 heterocycles. The Kier molecular flexibility index (Phi) is 3.81. The Bertz CT molecular complexity index is 491. The van der Waals surface area contributed by atoms with E-state index in [0.29, 0.717) is 19.1 Å². The van der Waals surface area contributed by atoms with Crippen molar-refractivity contribution in [2.45, 2.75) is 44.1 Å². The molecule has 1 unspecified atom stereocenters. The summed E-state index contributed by atoms with van der Waals surface area (Å²) in [5.41, 5.74) is 1.09. The van der Waals surface area contributed by atoms with Crippen molar-refractivity contribution in [2.24, 2.45) is 0 Å². The van der Waals surface area contributed by atoms with Crippen LogP contribution in [0.3, 0.4) is 0 Å². The van der Waals surface area contributed by atoms with E-state index in [1.165, 1.54) is 12.8 Å². The molecular weight excluding hydrogens is 256 g/mol. The van der Waals surface area contributed by atoms with Crippen molar-refractivity contribution >= 4 is 5.97 Å². The molecule has 1 aliphatic heterocycles. The number of carbonyl (C=O) groups excluding carboxylic acids is 1. The molecule has 2 fully saturated rings. The molecule has 4 heteroatoms. The fraction of sp³-hybridized carbons (Fsp3) is 0.562. The predicted molar refractivity (Wildman–Crippen MR) is 74.2 cm³/mol. The Morgan fingerprint density at radius 1 is 1.20 bits per heavy atom. The van der Waals surface area contributed by atoms with E-state index in [9.17, 15) is 4.79 Å². The highest BCUT2D eigenvalue weighted by Crippen LogP contribution is 2.36. The van der Waals surface area contributed by atoms with Crippen LogP contribution in [-0.2, 0) is 9.53 Å². The second-order valence-electron chi connectivity index (χ2n) is 5.52. The molecule has 0 amide bonds. The van der Waals surface area contributed by atoms with E-state index in [2.05, 4.69) is 0 Å². The Balaban J connectivity index is 1.80. The second kappa shape index (κ2) is 5.73. The molecule has 20 heavy (non-hydrogen) atoms. The van der Waals surface area contributed by atoms with Gasteiger partial charge in [0.15, 0.2) is 11.5 Å². The molecule has 0 bridgehead atoms. The minimum atomic E-state index is -0.121. The number of hydrogen-bond acceptors (Lipinski definition) is 4. The van der Waals surface area contributed by atoms with Gasteiger partial charge < -0.3 is 14.2 Å². The summed E-state index contributed by atoms with van der Waals surface area (Å²) in [5, 5.41) is 0. The number of rotatable bonds is 4. The molecule has 0 radical (unpaired) electrons. The first-order valence-corrected chi connectivity index (χ1v) is 7.26. The smallest absolute Gasteiger partial charge is 0.306 e. The van der Waals surface area contributed by atoms with Crippen LogP contribution in [0.1, 0.15) is 43.6 Å². The van der Waals surface area contributed by atoms with Crippen LogP contribution in [-0.4, -0.2) is 25.8 Å². The zero-order chi connectivity index (χ0) is 13.9. The third kappa shape index (κ3) is 2.74. The van der Waals surface area contributed by atoms with Gasteiger partial charge in [-0.3, -0.25) is 4.79 Å². The van der Waals surface area contributed by atoms with E-state index in [0.717, 1.165) is 29.9 Å². The first-order chi connectivity index (χ1) is 9.76. The lowest BCUT2D eigenvalue weighted by Gasteiger charge is -2.18. The minimum absolute atomic E-state index is 0.121. The molecule has 4 nitrogen and oxygen atoms in total. The van der Waals surface area contributed by atoms with Crippen molar-refractivity contribution in [1.82, 2.24) is 0 Å². The van der Waals surface area contributed by atoms with Gasteiger partial charge in [0.1, 0.15) is 0 Å². The largest absolute Gasteiger partial charge is 0.493 e. The zero-order valence-electron chi connectivity index (χ0n) is 11.8. The molecule has 0 N–H and O–H groups in total. The van der Waals surface area contributed by atoms with Gasteiger partial charge in [0.25, 0.3) is 0 Å². The van der Waals surface area contributed by atoms with Gasteiger partial charge in [-0.05, 0) is 43.4 Å². The molecule has 1 aromatic rings. The van der Waals surface area contributed by atoms with E-state index in [1.807, 2.05) is 18.2 Å². The third-order valence-corrected chi connectivity index (χ3v) is 4.11. The van der Waals surface area contributed by atoms with Gasteiger partial charge in [-0.2, -0.15) is 0 Å². The lowest BCUT2D eigenvalue weighted by atomic mass is 9.98. The molecule has 1 atom stereocenters. The summed E-state index contributed by atoms with van der Waals surface area (Å²) in [5.74, 6) is 1.56. The van der Waals surface area contributed by atoms with Crippen molar-refractivity contribution < 1.29 is 19.0 Å². The monoisotopic (exact) mass is 276 g/mol.